The van der Waals surface area contributed by atoms with Crippen molar-refractivity contribution in [1.29, 1.82) is 0 Å². The van der Waals surface area contributed by atoms with E-state index in [0.717, 1.165) is 31.6 Å². The minimum atomic E-state index is -0.483. The number of hydrogen-bond donors (Lipinski definition) is 1. The Bertz CT molecular complexity index is 1260. The van der Waals surface area contributed by atoms with Crippen LogP contribution in [-0.4, -0.2) is 51.9 Å². The van der Waals surface area contributed by atoms with Gasteiger partial charge in [-0.25, -0.2) is 19.3 Å². The highest BCUT2D eigenvalue weighted by Gasteiger charge is 2.26. The van der Waals surface area contributed by atoms with Gasteiger partial charge in [0.1, 0.15) is 0 Å². The molecule has 1 saturated heterocycles. The molecule has 1 aromatic carbocycles. The number of piperidine rings is 1. The van der Waals surface area contributed by atoms with Crippen LogP contribution in [0, 0.1) is 5.82 Å². The zero-order valence-electron chi connectivity index (χ0n) is 17.2. The van der Waals surface area contributed by atoms with Gasteiger partial charge in [-0.3, -0.25) is 0 Å². The Morgan fingerprint density at radius 3 is 2.77 bits per heavy atom. The minimum Gasteiger partial charge on any atom is -0.494 e. The van der Waals surface area contributed by atoms with E-state index in [1.54, 1.807) is 7.11 Å². The molecular weight excluding hydrogens is 401 g/mol. The molecule has 0 bridgehead atoms. The van der Waals surface area contributed by atoms with Gasteiger partial charge < -0.3 is 20.1 Å². The molecule has 10 heteroatoms. The number of methoxy groups -OCH3 is 2. The van der Waals surface area contributed by atoms with E-state index in [1.807, 2.05) is 18.3 Å². The molecular formula is C21H22FN7O2. The summed E-state index contributed by atoms with van der Waals surface area (Å²) in [7, 11) is 3.01. The predicted molar refractivity (Wildman–Crippen MR) is 114 cm³/mol. The zero-order valence-corrected chi connectivity index (χ0v) is 17.2. The molecule has 31 heavy (non-hydrogen) atoms. The quantitative estimate of drug-likeness (QED) is 0.534. The van der Waals surface area contributed by atoms with E-state index >= 15 is 0 Å². The van der Waals surface area contributed by atoms with Gasteiger partial charge in [-0.2, -0.15) is 4.52 Å². The maximum atomic E-state index is 14.3. The van der Waals surface area contributed by atoms with Gasteiger partial charge in [-0.05, 0) is 25.0 Å². The number of aromatic nitrogens is 5. The van der Waals surface area contributed by atoms with Crippen molar-refractivity contribution in [2.45, 2.75) is 18.8 Å². The van der Waals surface area contributed by atoms with Crippen molar-refractivity contribution in [2.75, 3.05) is 37.9 Å². The molecule has 4 aromatic rings. The molecule has 0 unspecified atom stereocenters. The lowest BCUT2D eigenvalue weighted by molar-refractivity contribution is 0.387. The van der Waals surface area contributed by atoms with Crippen molar-refractivity contribution in [2.24, 2.45) is 0 Å². The third kappa shape index (κ3) is 3.33. The lowest BCUT2D eigenvalue weighted by atomic mass is 9.97. The zero-order chi connectivity index (χ0) is 21.5. The summed E-state index contributed by atoms with van der Waals surface area (Å²) in [4.78, 5) is 15.7. The van der Waals surface area contributed by atoms with E-state index in [0.29, 0.717) is 28.3 Å². The number of pyridine rings is 1. The standard InChI is InChI=1S/C21H22FN7O2/c1-30-17-9-16-14(8-15(17)22)20-26-19(27-29(20)21(23)25-16)12-4-3-7-28(11-12)13-5-6-18(31-2)24-10-13/h5-6,8-10,12H,3-4,7,11H2,1-2H3,(H2,23,25)/t12-/m1/s1. The molecule has 0 saturated carbocycles. The Balaban J connectivity index is 1.51. The maximum Gasteiger partial charge on any atom is 0.223 e. The van der Waals surface area contributed by atoms with Crippen molar-refractivity contribution in [3.63, 3.8) is 0 Å². The Labute approximate surface area is 177 Å². The second-order valence-electron chi connectivity index (χ2n) is 7.52. The summed E-state index contributed by atoms with van der Waals surface area (Å²) in [5.41, 5.74) is 8.15. The van der Waals surface area contributed by atoms with Gasteiger partial charge in [0.05, 0.1) is 31.6 Å². The lowest BCUT2D eigenvalue weighted by Crippen LogP contribution is -2.34. The molecule has 1 aliphatic heterocycles. The largest absolute Gasteiger partial charge is 0.494 e. The number of nitrogens with two attached hydrogens (primary N) is 1. The van der Waals surface area contributed by atoms with Crippen LogP contribution in [0.2, 0.25) is 0 Å². The van der Waals surface area contributed by atoms with Crippen molar-refractivity contribution in [3.05, 3.63) is 42.1 Å². The molecule has 160 valence electrons. The van der Waals surface area contributed by atoms with Crippen molar-refractivity contribution in [1.82, 2.24) is 24.6 Å². The van der Waals surface area contributed by atoms with Crippen molar-refractivity contribution < 1.29 is 13.9 Å². The summed E-state index contributed by atoms with van der Waals surface area (Å²) in [6, 6.07) is 6.74. The van der Waals surface area contributed by atoms with Gasteiger partial charge in [0.25, 0.3) is 0 Å². The second-order valence-corrected chi connectivity index (χ2v) is 7.52. The van der Waals surface area contributed by atoms with Gasteiger partial charge in [0.15, 0.2) is 23.0 Å². The molecule has 5 rings (SSSR count). The first kappa shape index (κ1) is 19.3. The number of nitrogen functional groups attached to an aromatic ring is 1. The molecule has 3 aromatic heterocycles. The number of halogens is 1. The first-order chi connectivity index (χ1) is 15.1. The van der Waals surface area contributed by atoms with Crippen LogP contribution in [0.1, 0.15) is 24.6 Å². The van der Waals surface area contributed by atoms with Crippen LogP contribution >= 0.6 is 0 Å². The maximum absolute atomic E-state index is 14.3. The number of fused-ring (bicyclic) bond motifs is 3. The molecule has 0 aliphatic carbocycles. The number of ether oxygens (including phenoxy) is 2. The summed E-state index contributed by atoms with van der Waals surface area (Å²) in [5, 5.41) is 5.16. The summed E-state index contributed by atoms with van der Waals surface area (Å²) in [5.74, 6) is 1.18. The molecule has 2 N–H and O–H groups in total. The topological polar surface area (TPSA) is 104 Å². The Hall–Kier alpha value is -3.69. The van der Waals surface area contributed by atoms with Crippen molar-refractivity contribution in [3.8, 4) is 11.6 Å². The van der Waals surface area contributed by atoms with Crippen LogP contribution in [0.15, 0.2) is 30.5 Å². The molecule has 0 radical (unpaired) electrons. The third-order valence-corrected chi connectivity index (χ3v) is 5.67. The molecule has 1 atom stereocenters. The Kier molecular flexibility index (Phi) is 4.68. The third-order valence-electron chi connectivity index (χ3n) is 5.67. The van der Waals surface area contributed by atoms with Crippen LogP contribution in [0.25, 0.3) is 16.6 Å². The fourth-order valence-electron chi connectivity index (χ4n) is 4.08. The molecule has 0 spiro atoms. The molecule has 1 aliphatic rings. The normalized spacial score (nSPS) is 16.7. The average molecular weight is 423 g/mol. The van der Waals surface area contributed by atoms with Crippen LogP contribution in [0.5, 0.6) is 11.6 Å². The van der Waals surface area contributed by atoms with Gasteiger partial charge in [-0.15, -0.1) is 5.10 Å². The molecule has 9 nitrogen and oxygen atoms in total. The minimum absolute atomic E-state index is 0.105. The molecule has 1 fully saturated rings. The number of rotatable bonds is 4. The number of nitrogens with zero attached hydrogens (tertiary/aromatic N) is 6. The first-order valence-electron chi connectivity index (χ1n) is 10.0. The predicted octanol–water partition coefficient (Wildman–Crippen LogP) is 2.79. The number of benzene rings is 1. The second kappa shape index (κ2) is 7.53. The fraction of sp³-hybridized carbons (Fsp3) is 0.333. The van der Waals surface area contributed by atoms with E-state index in [9.17, 15) is 4.39 Å². The SMILES string of the molecule is COc1ccc(N2CCC[C@@H](c3nc4c5cc(F)c(OC)cc5nc(N)n4n3)C2)cn1. The summed E-state index contributed by atoms with van der Waals surface area (Å²) in [6.45, 7) is 1.67. The highest BCUT2D eigenvalue weighted by atomic mass is 19.1. The summed E-state index contributed by atoms with van der Waals surface area (Å²) >= 11 is 0. The van der Waals surface area contributed by atoms with E-state index in [-0.39, 0.29) is 17.6 Å². The van der Waals surface area contributed by atoms with E-state index in [1.165, 1.54) is 23.8 Å². The summed E-state index contributed by atoms with van der Waals surface area (Å²) in [6.07, 6.45) is 3.75. The van der Waals surface area contributed by atoms with Crippen LogP contribution in [-0.2, 0) is 0 Å². The first-order valence-corrected chi connectivity index (χ1v) is 10.0. The lowest BCUT2D eigenvalue weighted by Gasteiger charge is -2.33. The van der Waals surface area contributed by atoms with Gasteiger partial charge in [0.2, 0.25) is 11.8 Å². The van der Waals surface area contributed by atoms with Gasteiger partial charge in [0, 0.05) is 36.5 Å². The Morgan fingerprint density at radius 1 is 1.16 bits per heavy atom. The average Bonchev–Trinajstić information content (AvgIpc) is 3.26. The van der Waals surface area contributed by atoms with E-state index < -0.39 is 5.82 Å². The summed E-state index contributed by atoms with van der Waals surface area (Å²) < 4.78 is 26.0. The van der Waals surface area contributed by atoms with Crippen LogP contribution in [0.3, 0.4) is 0 Å². The van der Waals surface area contributed by atoms with Crippen LogP contribution in [0.4, 0.5) is 16.0 Å². The fourth-order valence-corrected chi connectivity index (χ4v) is 4.08. The monoisotopic (exact) mass is 423 g/mol. The van der Waals surface area contributed by atoms with Gasteiger partial charge >= 0.3 is 0 Å². The van der Waals surface area contributed by atoms with Crippen molar-refractivity contribution >= 4 is 28.2 Å². The van der Waals surface area contributed by atoms with E-state index in [2.05, 4.69) is 20.0 Å². The van der Waals surface area contributed by atoms with Crippen LogP contribution < -0.4 is 20.1 Å². The van der Waals surface area contributed by atoms with Gasteiger partial charge in [-0.1, -0.05) is 0 Å². The highest BCUT2D eigenvalue weighted by molar-refractivity contribution is 5.93. The number of hydrogen-bond acceptors (Lipinski definition) is 8. The molecule has 4 heterocycles. The Morgan fingerprint density at radius 2 is 2.03 bits per heavy atom. The highest BCUT2D eigenvalue weighted by Crippen LogP contribution is 2.31. The smallest absolute Gasteiger partial charge is 0.223 e. The number of anilines is 2. The molecule has 0 amide bonds. The van der Waals surface area contributed by atoms with E-state index in [4.69, 9.17) is 20.2 Å².